The molecule has 1 aliphatic rings. The van der Waals surface area contributed by atoms with Crippen molar-refractivity contribution in [1.82, 2.24) is 19.1 Å². The van der Waals surface area contributed by atoms with Crippen LogP contribution in [0.15, 0.2) is 72.8 Å². The number of imidazole rings is 2. The molecule has 0 bridgehead atoms. The second kappa shape index (κ2) is 11.8. The average molecular weight is 604 g/mol. The number of nitrogens with zero attached hydrogens (tertiary/aromatic N) is 5. The number of nitro groups is 1. The van der Waals surface area contributed by atoms with E-state index in [-0.39, 0.29) is 16.7 Å². The Labute approximate surface area is 261 Å². The zero-order chi connectivity index (χ0) is 32.0. The smallest absolute Gasteiger partial charge is 0.283 e. The van der Waals surface area contributed by atoms with Gasteiger partial charge in [-0.1, -0.05) is 48.5 Å². The SMILES string of the molecule is Cc1cccc(-c2nc3c(C)cccc3n2CC(C)O)c1[N+](=O)[O-].Cc1cccc2c1OC(C)Cn1c-2nc2c(C)cccc21. The lowest BCUT2D eigenvalue weighted by Crippen LogP contribution is -2.17. The van der Waals surface area contributed by atoms with Crippen molar-refractivity contribution in [2.75, 3.05) is 0 Å². The maximum Gasteiger partial charge on any atom is 0.283 e. The molecule has 45 heavy (non-hydrogen) atoms. The first-order chi connectivity index (χ1) is 21.5. The third-order valence-electron chi connectivity index (χ3n) is 8.28. The van der Waals surface area contributed by atoms with Crippen molar-refractivity contribution in [1.29, 1.82) is 0 Å². The summed E-state index contributed by atoms with van der Waals surface area (Å²) in [6.07, 6.45) is -0.463. The highest BCUT2D eigenvalue weighted by molar-refractivity contribution is 5.86. The Morgan fingerprint density at radius 1 is 0.844 bits per heavy atom. The Hall–Kier alpha value is -5.02. The molecule has 0 fully saturated rings. The van der Waals surface area contributed by atoms with Crippen molar-refractivity contribution >= 4 is 27.8 Å². The average Bonchev–Trinajstić information content (AvgIpc) is 3.49. The fraction of sp³-hybridized carbons (Fsp3) is 0.278. The van der Waals surface area contributed by atoms with Crippen LogP contribution in [0.25, 0.3) is 44.8 Å². The van der Waals surface area contributed by atoms with Crippen LogP contribution in [0.5, 0.6) is 5.75 Å². The van der Waals surface area contributed by atoms with Gasteiger partial charge in [-0.15, -0.1) is 0 Å². The van der Waals surface area contributed by atoms with Crippen LogP contribution in [0.2, 0.25) is 0 Å². The van der Waals surface area contributed by atoms with Gasteiger partial charge in [0.2, 0.25) is 0 Å². The number of nitro benzene ring substituents is 1. The molecule has 0 aliphatic carbocycles. The summed E-state index contributed by atoms with van der Waals surface area (Å²) in [4.78, 5) is 20.8. The molecule has 0 saturated heterocycles. The molecule has 2 aromatic heterocycles. The monoisotopic (exact) mass is 603 g/mol. The summed E-state index contributed by atoms with van der Waals surface area (Å²) in [6.45, 7) is 12.8. The van der Waals surface area contributed by atoms with Gasteiger partial charge in [0, 0.05) is 5.56 Å². The lowest BCUT2D eigenvalue weighted by Gasteiger charge is -2.14. The highest BCUT2D eigenvalue weighted by Gasteiger charge is 2.26. The second-order valence-corrected chi connectivity index (χ2v) is 11.9. The minimum Gasteiger partial charge on any atom is -0.488 e. The van der Waals surface area contributed by atoms with Crippen LogP contribution >= 0.6 is 0 Å². The zero-order valence-electron chi connectivity index (χ0n) is 26.4. The van der Waals surface area contributed by atoms with E-state index in [9.17, 15) is 15.2 Å². The first-order valence-corrected chi connectivity index (χ1v) is 15.2. The molecule has 230 valence electrons. The fourth-order valence-corrected chi connectivity index (χ4v) is 6.18. The number of rotatable bonds is 4. The summed E-state index contributed by atoms with van der Waals surface area (Å²) in [7, 11) is 0. The number of aromatic nitrogens is 4. The maximum atomic E-state index is 11.6. The Bertz CT molecular complexity index is 2070. The fourth-order valence-electron chi connectivity index (χ4n) is 6.18. The van der Waals surface area contributed by atoms with Gasteiger partial charge >= 0.3 is 0 Å². The van der Waals surface area contributed by atoms with Crippen molar-refractivity contribution in [3.63, 3.8) is 0 Å². The van der Waals surface area contributed by atoms with Crippen LogP contribution in [-0.2, 0) is 13.1 Å². The van der Waals surface area contributed by atoms with Gasteiger partial charge in [0.15, 0.2) is 0 Å². The first kappa shape index (κ1) is 30.0. The normalized spacial score (nSPS) is 14.6. The molecule has 2 atom stereocenters. The third kappa shape index (κ3) is 5.44. The quantitative estimate of drug-likeness (QED) is 0.163. The third-order valence-corrected chi connectivity index (χ3v) is 8.28. The largest absolute Gasteiger partial charge is 0.488 e. The highest BCUT2D eigenvalue weighted by atomic mass is 16.6. The molecule has 0 amide bonds. The molecule has 1 N–H and O–H groups in total. The van der Waals surface area contributed by atoms with E-state index in [1.54, 1.807) is 32.0 Å². The summed E-state index contributed by atoms with van der Waals surface area (Å²) in [5.41, 5.74) is 9.52. The van der Waals surface area contributed by atoms with E-state index in [1.807, 2.05) is 29.7 Å². The molecule has 9 nitrogen and oxygen atoms in total. The van der Waals surface area contributed by atoms with E-state index in [0.29, 0.717) is 23.5 Å². The summed E-state index contributed by atoms with van der Waals surface area (Å²) in [6, 6.07) is 23.6. The molecule has 4 aromatic carbocycles. The zero-order valence-corrected chi connectivity index (χ0v) is 26.4. The highest BCUT2D eigenvalue weighted by Crippen LogP contribution is 2.38. The van der Waals surface area contributed by atoms with Crippen LogP contribution in [-0.4, -0.2) is 41.3 Å². The first-order valence-electron chi connectivity index (χ1n) is 15.2. The van der Waals surface area contributed by atoms with E-state index in [1.165, 1.54) is 11.1 Å². The number of para-hydroxylation sites is 4. The van der Waals surface area contributed by atoms with E-state index >= 15 is 0 Å². The van der Waals surface area contributed by atoms with Gasteiger partial charge < -0.3 is 19.0 Å². The minimum absolute atomic E-state index is 0.0531. The molecular formula is C36H37N5O4. The van der Waals surface area contributed by atoms with Gasteiger partial charge in [0.05, 0.1) is 57.3 Å². The van der Waals surface area contributed by atoms with E-state index in [2.05, 4.69) is 66.7 Å². The lowest BCUT2D eigenvalue weighted by atomic mass is 10.1. The lowest BCUT2D eigenvalue weighted by molar-refractivity contribution is -0.384. The van der Waals surface area contributed by atoms with Crippen LogP contribution in [0.4, 0.5) is 5.69 Å². The number of ether oxygens (including phenoxy) is 1. The van der Waals surface area contributed by atoms with Crippen LogP contribution in [0, 0.1) is 37.8 Å². The summed E-state index contributed by atoms with van der Waals surface area (Å²) >= 11 is 0. The van der Waals surface area contributed by atoms with E-state index < -0.39 is 6.10 Å². The Balaban J connectivity index is 0.000000160. The Kier molecular flexibility index (Phi) is 7.88. The number of aryl methyl sites for hydroxylation is 4. The molecule has 2 unspecified atom stereocenters. The molecular weight excluding hydrogens is 566 g/mol. The number of hydrogen-bond donors (Lipinski definition) is 1. The minimum atomic E-state index is -0.592. The van der Waals surface area contributed by atoms with E-state index in [0.717, 1.165) is 51.4 Å². The van der Waals surface area contributed by atoms with Crippen LogP contribution in [0.3, 0.4) is 0 Å². The number of aliphatic hydroxyl groups excluding tert-OH is 1. The van der Waals surface area contributed by atoms with Crippen molar-refractivity contribution in [2.45, 2.75) is 66.8 Å². The van der Waals surface area contributed by atoms with Crippen molar-refractivity contribution < 1.29 is 14.8 Å². The van der Waals surface area contributed by atoms with Gasteiger partial charge in [-0.2, -0.15) is 0 Å². The summed E-state index contributed by atoms with van der Waals surface area (Å²) in [5.74, 6) is 2.50. The van der Waals surface area contributed by atoms with E-state index in [4.69, 9.17) is 9.72 Å². The second-order valence-electron chi connectivity index (χ2n) is 11.9. The molecule has 1 aliphatic heterocycles. The molecule has 6 aromatic rings. The molecule has 0 spiro atoms. The van der Waals surface area contributed by atoms with Gasteiger partial charge in [0.1, 0.15) is 23.5 Å². The predicted molar refractivity (Wildman–Crippen MR) is 178 cm³/mol. The molecule has 0 saturated carbocycles. The van der Waals surface area contributed by atoms with Crippen LogP contribution < -0.4 is 4.74 Å². The number of benzene rings is 4. The van der Waals surface area contributed by atoms with Gasteiger partial charge in [0.25, 0.3) is 5.69 Å². The Morgan fingerprint density at radius 3 is 2.07 bits per heavy atom. The van der Waals surface area contributed by atoms with Crippen LogP contribution in [0.1, 0.15) is 36.1 Å². The summed E-state index contributed by atoms with van der Waals surface area (Å²) < 4.78 is 10.3. The number of fused-ring (bicyclic) bond motifs is 6. The topological polar surface area (TPSA) is 108 Å². The standard InChI is InChI=1S/C18H19N3O3.C18H18N2O/c1-11-6-5-9-15-16(11)19-18(20(15)10-13(3)22)14-8-4-7-12(2)17(14)21(23)24;1-11-6-5-9-15-16(11)19-18-14-8-4-7-12(2)17(14)21-13(3)10-20(15)18/h4-9,13,22H,10H2,1-3H3;4-9,13H,10H2,1-3H3. The van der Waals surface area contributed by atoms with Gasteiger partial charge in [-0.25, -0.2) is 9.97 Å². The molecule has 7 rings (SSSR count). The number of hydrogen-bond acceptors (Lipinski definition) is 6. The van der Waals surface area contributed by atoms with Crippen molar-refractivity contribution in [3.05, 3.63) is 105 Å². The molecule has 0 radical (unpaired) electrons. The predicted octanol–water partition coefficient (Wildman–Crippen LogP) is 7.71. The van der Waals surface area contributed by atoms with Crippen molar-refractivity contribution in [3.8, 4) is 28.5 Å². The van der Waals surface area contributed by atoms with Gasteiger partial charge in [-0.3, -0.25) is 10.1 Å². The maximum absolute atomic E-state index is 11.6. The molecule has 9 heteroatoms. The molecule has 3 heterocycles. The Morgan fingerprint density at radius 2 is 1.40 bits per heavy atom. The number of aliphatic hydroxyl groups is 1. The van der Waals surface area contributed by atoms with Crippen molar-refractivity contribution in [2.24, 2.45) is 0 Å². The summed E-state index contributed by atoms with van der Waals surface area (Å²) in [5, 5.41) is 21.4. The van der Waals surface area contributed by atoms with Gasteiger partial charge in [-0.05, 0) is 82.5 Å².